The fourth-order valence-electron chi connectivity index (χ4n) is 2.96. The lowest BCUT2D eigenvalue weighted by molar-refractivity contribution is 0.180. The molecule has 1 aromatic heterocycles. The highest BCUT2D eigenvalue weighted by Crippen LogP contribution is 2.28. The van der Waals surface area contributed by atoms with Crippen LogP contribution in [0.2, 0.25) is 0 Å². The maximum atomic E-state index is 12.4. The number of anilines is 1. The van der Waals surface area contributed by atoms with E-state index in [1.54, 1.807) is 0 Å². The second-order valence-electron chi connectivity index (χ2n) is 6.15. The van der Waals surface area contributed by atoms with E-state index in [9.17, 15) is 4.79 Å². The van der Waals surface area contributed by atoms with Gasteiger partial charge >= 0.3 is 0 Å². The number of H-pyrrole nitrogens is 1. The van der Waals surface area contributed by atoms with Gasteiger partial charge < -0.3 is 15.5 Å². The molecule has 3 N–H and O–H groups in total. The Kier molecular flexibility index (Phi) is 4.61. The van der Waals surface area contributed by atoms with Crippen LogP contribution in [0, 0.1) is 0 Å². The molecule has 3 rings (SSSR count). The van der Waals surface area contributed by atoms with E-state index in [1.165, 1.54) is 0 Å². The molecule has 0 spiro atoms. The third-order valence-electron chi connectivity index (χ3n) is 4.46. The van der Waals surface area contributed by atoms with Crippen molar-refractivity contribution >= 4 is 17.3 Å². The van der Waals surface area contributed by atoms with E-state index < -0.39 is 0 Å². The highest BCUT2D eigenvalue weighted by molar-refractivity contribution is 5.83. The second-order valence-corrected chi connectivity index (χ2v) is 6.15. The van der Waals surface area contributed by atoms with Gasteiger partial charge in [-0.25, -0.2) is 0 Å². The Bertz CT molecular complexity index is 935. The van der Waals surface area contributed by atoms with Crippen molar-refractivity contribution in [3.63, 3.8) is 0 Å². The number of allylic oxidation sites excluding steroid dienone is 3. The average molecular weight is 334 g/mol. The summed E-state index contributed by atoms with van der Waals surface area (Å²) in [5.41, 5.74) is 11.7. The summed E-state index contributed by atoms with van der Waals surface area (Å²) in [7, 11) is 0. The Hall–Kier alpha value is -3.01. The van der Waals surface area contributed by atoms with Gasteiger partial charge in [-0.15, -0.1) is 0 Å². The molecule has 1 aromatic carbocycles. The standard InChI is InChI=1S/C21H22N2O2/c1-4-15(10-16-7-5-6-8-19(16)22)14(3)20-11-17-9-13(2)25-12-18(17)21(24)23-20/h5-8,10-11H,2-4,9,12,22H2,1H3,(H,23,24)/b15-10-. The summed E-state index contributed by atoms with van der Waals surface area (Å²) in [6.45, 7) is 10.4. The van der Waals surface area contributed by atoms with Gasteiger partial charge in [0.2, 0.25) is 0 Å². The van der Waals surface area contributed by atoms with E-state index in [2.05, 4.69) is 25.1 Å². The van der Waals surface area contributed by atoms with Crippen molar-refractivity contribution in [3.8, 4) is 0 Å². The van der Waals surface area contributed by atoms with Gasteiger partial charge in [0.05, 0.1) is 11.3 Å². The molecule has 1 aliphatic rings. The Morgan fingerprint density at radius 1 is 1.40 bits per heavy atom. The van der Waals surface area contributed by atoms with Gasteiger partial charge in [-0.1, -0.05) is 38.3 Å². The molecule has 4 nitrogen and oxygen atoms in total. The molecule has 0 radical (unpaired) electrons. The van der Waals surface area contributed by atoms with Gasteiger partial charge in [-0.3, -0.25) is 4.79 Å². The molecule has 128 valence electrons. The molecule has 0 atom stereocenters. The van der Waals surface area contributed by atoms with Crippen LogP contribution in [-0.4, -0.2) is 4.98 Å². The van der Waals surface area contributed by atoms with Crippen molar-refractivity contribution in [1.29, 1.82) is 0 Å². The van der Waals surface area contributed by atoms with Crippen LogP contribution in [0.1, 0.15) is 35.7 Å². The smallest absolute Gasteiger partial charge is 0.255 e. The normalized spacial score (nSPS) is 14.0. The van der Waals surface area contributed by atoms with Crippen molar-refractivity contribution in [3.05, 3.63) is 87.6 Å². The number of ether oxygens (including phenoxy) is 1. The number of nitrogens with one attached hydrogen (secondary N) is 1. The van der Waals surface area contributed by atoms with E-state index >= 15 is 0 Å². The number of nitrogens with two attached hydrogens (primary N) is 1. The monoisotopic (exact) mass is 334 g/mol. The number of fused-ring (bicyclic) bond motifs is 1. The molecule has 0 saturated carbocycles. The van der Waals surface area contributed by atoms with E-state index in [0.29, 0.717) is 23.4 Å². The SMILES string of the molecule is C=C1Cc2cc(C(=C)/C(=C\c3ccccc3N)CC)[nH]c(=O)c2CO1. The maximum absolute atomic E-state index is 12.4. The lowest BCUT2D eigenvalue weighted by Gasteiger charge is -2.20. The molecular formula is C21H22N2O2. The lowest BCUT2D eigenvalue weighted by atomic mass is 9.95. The molecular weight excluding hydrogens is 312 g/mol. The zero-order valence-corrected chi connectivity index (χ0v) is 14.4. The van der Waals surface area contributed by atoms with Crippen LogP contribution in [0.5, 0.6) is 0 Å². The summed E-state index contributed by atoms with van der Waals surface area (Å²) < 4.78 is 5.38. The predicted molar refractivity (Wildman–Crippen MR) is 103 cm³/mol. The van der Waals surface area contributed by atoms with Crippen LogP contribution in [0.25, 0.3) is 11.6 Å². The Morgan fingerprint density at radius 3 is 2.88 bits per heavy atom. The third-order valence-corrected chi connectivity index (χ3v) is 4.46. The minimum Gasteiger partial charge on any atom is -0.493 e. The first-order chi connectivity index (χ1) is 12.0. The van der Waals surface area contributed by atoms with Crippen molar-refractivity contribution in [1.82, 2.24) is 4.98 Å². The summed E-state index contributed by atoms with van der Waals surface area (Å²) in [5, 5.41) is 0. The summed E-state index contributed by atoms with van der Waals surface area (Å²) in [6, 6.07) is 9.67. The lowest BCUT2D eigenvalue weighted by Crippen LogP contribution is -2.22. The van der Waals surface area contributed by atoms with Gasteiger partial charge in [0, 0.05) is 17.8 Å². The Balaban J connectivity index is 2.01. The second kappa shape index (κ2) is 6.85. The first-order valence-corrected chi connectivity index (χ1v) is 8.30. The maximum Gasteiger partial charge on any atom is 0.255 e. The quantitative estimate of drug-likeness (QED) is 0.655. The topological polar surface area (TPSA) is 68.1 Å². The van der Waals surface area contributed by atoms with Gasteiger partial charge in [-0.05, 0) is 46.9 Å². The summed E-state index contributed by atoms with van der Waals surface area (Å²) in [5.74, 6) is 0.679. The predicted octanol–water partition coefficient (Wildman–Crippen LogP) is 4.05. The number of hydrogen-bond acceptors (Lipinski definition) is 3. The average Bonchev–Trinajstić information content (AvgIpc) is 2.60. The minimum absolute atomic E-state index is 0.129. The van der Waals surface area contributed by atoms with Crippen molar-refractivity contribution in [2.45, 2.75) is 26.4 Å². The van der Waals surface area contributed by atoms with E-state index in [1.807, 2.05) is 36.4 Å². The third kappa shape index (κ3) is 3.43. The number of hydrogen-bond donors (Lipinski definition) is 2. The molecule has 1 aliphatic heterocycles. The van der Waals surface area contributed by atoms with Crippen LogP contribution >= 0.6 is 0 Å². The number of para-hydroxylation sites is 1. The molecule has 2 aromatic rings. The zero-order valence-electron chi connectivity index (χ0n) is 14.4. The number of benzene rings is 1. The molecule has 0 saturated heterocycles. The van der Waals surface area contributed by atoms with Crippen LogP contribution in [0.15, 0.2) is 59.6 Å². The zero-order chi connectivity index (χ0) is 18.0. The largest absolute Gasteiger partial charge is 0.493 e. The Labute approximate surface area is 147 Å². The number of pyridine rings is 1. The highest BCUT2D eigenvalue weighted by Gasteiger charge is 2.18. The van der Waals surface area contributed by atoms with E-state index in [-0.39, 0.29) is 12.2 Å². The summed E-state index contributed by atoms with van der Waals surface area (Å²) in [6.07, 6.45) is 3.36. The molecule has 0 bridgehead atoms. The van der Waals surface area contributed by atoms with Crippen molar-refractivity contribution in [2.75, 3.05) is 5.73 Å². The fourth-order valence-corrected chi connectivity index (χ4v) is 2.96. The molecule has 25 heavy (non-hydrogen) atoms. The number of rotatable bonds is 4. The van der Waals surface area contributed by atoms with Gasteiger partial charge in [0.15, 0.2) is 0 Å². The van der Waals surface area contributed by atoms with Gasteiger partial charge in [0.25, 0.3) is 5.56 Å². The number of nitrogen functional groups attached to an aromatic ring is 1. The van der Waals surface area contributed by atoms with Crippen LogP contribution in [0.4, 0.5) is 5.69 Å². The minimum atomic E-state index is -0.129. The fraction of sp³-hybridized carbons (Fsp3) is 0.190. The first kappa shape index (κ1) is 16.8. The highest BCUT2D eigenvalue weighted by atomic mass is 16.5. The van der Waals surface area contributed by atoms with Crippen LogP contribution in [-0.2, 0) is 17.8 Å². The summed E-state index contributed by atoms with van der Waals surface area (Å²) >= 11 is 0. The van der Waals surface area contributed by atoms with E-state index in [0.717, 1.165) is 34.4 Å². The molecule has 0 fully saturated rings. The molecule has 2 heterocycles. The van der Waals surface area contributed by atoms with Gasteiger partial charge in [-0.2, -0.15) is 0 Å². The number of aromatic amines is 1. The van der Waals surface area contributed by atoms with Crippen molar-refractivity contribution in [2.24, 2.45) is 0 Å². The van der Waals surface area contributed by atoms with E-state index in [4.69, 9.17) is 10.5 Å². The molecule has 0 aliphatic carbocycles. The molecule has 0 amide bonds. The van der Waals surface area contributed by atoms with Crippen LogP contribution in [0.3, 0.4) is 0 Å². The first-order valence-electron chi connectivity index (χ1n) is 8.30. The summed E-state index contributed by atoms with van der Waals surface area (Å²) in [4.78, 5) is 15.3. The van der Waals surface area contributed by atoms with Crippen LogP contribution < -0.4 is 11.3 Å². The molecule has 4 heteroatoms. The van der Waals surface area contributed by atoms with Crippen molar-refractivity contribution < 1.29 is 4.74 Å². The number of aromatic nitrogens is 1. The molecule has 0 unspecified atom stereocenters. The Morgan fingerprint density at radius 2 is 2.16 bits per heavy atom. The van der Waals surface area contributed by atoms with Gasteiger partial charge in [0.1, 0.15) is 6.61 Å².